The molecular formula is C16H12BrF3O5S. The summed E-state index contributed by atoms with van der Waals surface area (Å²) < 4.78 is 81.1. The van der Waals surface area contributed by atoms with Gasteiger partial charge in [0.2, 0.25) is 0 Å². The molecule has 1 heterocycles. The van der Waals surface area contributed by atoms with Crippen LogP contribution in [-0.4, -0.2) is 19.6 Å². The monoisotopic (exact) mass is 452 g/mol. The molecule has 0 aromatic heterocycles. The van der Waals surface area contributed by atoms with Crippen LogP contribution in [0.1, 0.15) is 23.7 Å². The average Bonchev–Trinajstić information content (AvgIpc) is 2.54. The van der Waals surface area contributed by atoms with Crippen molar-refractivity contribution in [1.82, 2.24) is 0 Å². The molecule has 2 aromatic carbocycles. The van der Waals surface area contributed by atoms with Crippen molar-refractivity contribution in [2.45, 2.75) is 23.6 Å². The van der Waals surface area contributed by atoms with Gasteiger partial charge in [0.05, 0.1) is 21.5 Å². The Labute approximate surface area is 155 Å². The summed E-state index contributed by atoms with van der Waals surface area (Å²) in [5, 5.41) is 0. The maximum absolute atomic E-state index is 12.7. The zero-order chi connectivity index (χ0) is 19.1. The summed E-state index contributed by atoms with van der Waals surface area (Å²) >= 11 is 3.08. The highest BCUT2D eigenvalue weighted by Gasteiger charge is 2.31. The molecular weight excluding hydrogens is 441 g/mol. The van der Waals surface area contributed by atoms with Gasteiger partial charge in [0.1, 0.15) is 17.6 Å². The molecule has 0 bridgehead atoms. The van der Waals surface area contributed by atoms with Crippen molar-refractivity contribution in [3.8, 4) is 11.5 Å². The first kappa shape index (κ1) is 19.0. The van der Waals surface area contributed by atoms with Gasteiger partial charge in [0, 0.05) is 18.1 Å². The molecule has 10 heteroatoms. The lowest BCUT2D eigenvalue weighted by Crippen LogP contribution is -2.19. The second-order valence-electron chi connectivity index (χ2n) is 5.56. The van der Waals surface area contributed by atoms with Gasteiger partial charge in [-0.15, -0.1) is 0 Å². The Morgan fingerprint density at radius 3 is 2.54 bits per heavy atom. The average molecular weight is 453 g/mol. The predicted molar refractivity (Wildman–Crippen MR) is 88.9 cm³/mol. The molecule has 0 saturated carbocycles. The zero-order valence-electron chi connectivity index (χ0n) is 13.0. The van der Waals surface area contributed by atoms with E-state index in [1.807, 2.05) is 0 Å². The van der Waals surface area contributed by atoms with Gasteiger partial charge in [-0.1, -0.05) is 6.07 Å². The van der Waals surface area contributed by atoms with Gasteiger partial charge in [0.15, 0.2) is 0 Å². The normalized spacial score (nSPS) is 17.3. The second kappa shape index (κ2) is 6.75. The summed E-state index contributed by atoms with van der Waals surface area (Å²) in [5.41, 5.74) is -0.266. The molecule has 1 N–H and O–H groups in total. The van der Waals surface area contributed by atoms with Crippen molar-refractivity contribution in [3.63, 3.8) is 0 Å². The minimum absolute atomic E-state index is 0.148. The number of rotatable bonds is 3. The van der Waals surface area contributed by atoms with Crippen LogP contribution < -0.4 is 9.47 Å². The van der Waals surface area contributed by atoms with Gasteiger partial charge >= 0.3 is 6.18 Å². The Bertz CT molecular complexity index is 943. The quantitative estimate of drug-likeness (QED) is 0.687. The number of benzene rings is 2. The number of alkyl halides is 3. The lowest BCUT2D eigenvalue weighted by Gasteiger charge is -2.27. The molecule has 0 amide bonds. The first-order chi connectivity index (χ1) is 12.1. The van der Waals surface area contributed by atoms with Crippen molar-refractivity contribution in [3.05, 3.63) is 52.0 Å². The van der Waals surface area contributed by atoms with E-state index in [2.05, 4.69) is 15.9 Å². The number of ether oxygens (including phenoxy) is 2. The highest BCUT2D eigenvalue weighted by Crippen LogP contribution is 2.40. The van der Waals surface area contributed by atoms with Crippen molar-refractivity contribution >= 4 is 26.0 Å². The standard InChI is InChI=1S/C16H12BrF3O5S/c17-12-7-9(16(18,19)20)1-4-14(12)25-13-5-6-24-15-8-10(26(21,22)23)2-3-11(13)15/h1-4,7-8,13H,5-6H2,(H,21,22,23). The Hall–Kier alpha value is -1.78. The van der Waals surface area contributed by atoms with Crippen LogP contribution in [0, 0.1) is 0 Å². The van der Waals surface area contributed by atoms with E-state index < -0.39 is 28.0 Å². The van der Waals surface area contributed by atoms with E-state index in [0.29, 0.717) is 12.0 Å². The van der Waals surface area contributed by atoms with Gasteiger partial charge in [-0.2, -0.15) is 21.6 Å². The van der Waals surface area contributed by atoms with E-state index in [1.54, 1.807) is 0 Å². The minimum Gasteiger partial charge on any atom is -0.493 e. The molecule has 0 saturated heterocycles. The maximum Gasteiger partial charge on any atom is 0.416 e. The van der Waals surface area contributed by atoms with Gasteiger partial charge in [-0.25, -0.2) is 0 Å². The molecule has 3 rings (SSSR count). The molecule has 1 atom stereocenters. The molecule has 0 spiro atoms. The molecule has 5 nitrogen and oxygen atoms in total. The van der Waals surface area contributed by atoms with Crippen LogP contribution in [0.2, 0.25) is 0 Å². The number of hydrogen-bond donors (Lipinski definition) is 1. The maximum atomic E-state index is 12.7. The van der Waals surface area contributed by atoms with E-state index >= 15 is 0 Å². The summed E-state index contributed by atoms with van der Waals surface area (Å²) in [5.74, 6) is 0.453. The van der Waals surface area contributed by atoms with E-state index in [9.17, 15) is 21.6 Å². The number of halogens is 4. The number of fused-ring (bicyclic) bond motifs is 1. The van der Waals surface area contributed by atoms with Crippen LogP contribution in [0.3, 0.4) is 0 Å². The van der Waals surface area contributed by atoms with Crippen LogP contribution in [0.4, 0.5) is 13.2 Å². The Morgan fingerprint density at radius 2 is 1.92 bits per heavy atom. The first-order valence-electron chi connectivity index (χ1n) is 7.33. The van der Waals surface area contributed by atoms with Crippen LogP contribution >= 0.6 is 15.9 Å². The third-order valence-electron chi connectivity index (χ3n) is 3.80. The summed E-state index contributed by atoms with van der Waals surface area (Å²) in [6.45, 7) is 0.227. The van der Waals surface area contributed by atoms with Crippen LogP contribution in [-0.2, 0) is 16.3 Å². The molecule has 2 aromatic rings. The van der Waals surface area contributed by atoms with Gasteiger partial charge in [-0.05, 0) is 40.2 Å². The fourth-order valence-corrected chi connectivity index (χ4v) is 3.51. The smallest absolute Gasteiger partial charge is 0.416 e. The third-order valence-corrected chi connectivity index (χ3v) is 5.27. The van der Waals surface area contributed by atoms with Crippen LogP contribution in [0.15, 0.2) is 45.8 Å². The van der Waals surface area contributed by atoms with Gasteiger partial charge in [0.25, 0.3) is 10.1 Å². The molecule has 26 heavy (non-hydrogen) atoms. The van der Waals surface area contributed by atoms with E-state index in [-0.39, 0.29) is 27.5 Å². The SMILES string of the molecule is O=S(=O)(O)c1ccc2c(c1)OCCC2Oc1ccc(C(F)(F)F)cc1Br. The lowest BCUT2D eigenvalue weighted by molar-refractivity contribution is -0.137. The molecule has 140 valence electrons. The first-order valence-corrected chi connectivity index (χ1v) is 9.56. The minimum atomic E-state index is -4.46. The molecule has 0 aliphatic carbocycles. The summed E-state index contributed by atoms with van der Waals surface area (Å²) in [4.78, 5) is -0.312. The molecule has 1 aliphatic rings. The Kier molecular flexibility index (Phi) is 4.93. The Balaban J connectivity index is 1.89. The van der Waals surface area contributed by atoms with E-state index in [1.165, 1.54) is 24.3 Å². The van der Waals surface area contributed by atoms with Crippen molar-refractivity contribution in [1.29, 1.82) is 0 Å². The van der Waals surface area contributed by atoms with Crippen LogP contribution in [0.5, 0.6) is 11.5 Å². The van der Waals surface area contributed by atoms with Gasteiger partial charge in [-0.3, -0.25) is 4.55 Å². The Morgan fingerprint density at radius 1 is 1.19 bits per heavy atom. The topological polar surface area (TPSA) is 72.8 Å². The highest BCUT2D eigenvalue weighted by molar-refractivity contribution is 9.10. The molecule has 1 unspecified atom stereocenters. The number of hydrogen-bond acceptors (Lipinski definition) is 4. The van der Waals surface area contributed by atoms with Crippen molar-refractivity contribution < 1.29 is 35.6 Å². The molecule has 0 radical (unpaired) electrons. The van der Waals surface area contributed by atoms with Crippen molar-refractivity contribution in [2.24, 2.45) is 0 Å². The summed E-state index contributed by atoms with van der Waals surface area (Å²) in [6, 6.07) is 6.90. The second-order valence-corrected chi connectivity index (χ2v) is 7.84. The van der Waals surface area contributed by atoms with Crippen LogP contribution in [0.25, 0.3) is 0 Å². The zero-order valence-corrected chi connectivity index (χ0v) is 15.4. The fourth-order valence-electron chi connectivity index (χ4n) is 2.55. The van der Waals surface area contributed by atoms with E-state index in [4.69, 9.17) is 14.0 Å². The van der Waals surface area contributed by atoms with E-state index in [0.717, 1.165) is 12.1 Å². The fraction of sp³-hybridized carbons (Fsp3) is 0.250. The summed E-state index contributed by atoms with van der Waals surface area (Å²) in [7, 11) is -4.37. The highest BCUT2D eigenvalue weighted by atomic mass is 79.9. The third kappa shape index (κ3) is 3.97. The van der Waals surface area contributed by atoms with Crippen molar-refractivity contribution in [2.75, 3.05) is 6.61 Å². The largest absolute Gasteiger partial charge is 0.493 e. The lowest BCUT2D eigenvalue weighted by atomic mass is 10.0. The van der Waals surface area contributed by atoms with Gasteiger partial charge < -0.3 is 9.47 Å². The molecule has 1 aliphatic heterocycles. The summed E-state index contributed by atoms with van der Waals surface area (Å²) in [6.07, 6.45) is -4.58. The predicted octanol–water partition coefficient (Wildman–Crippen LogP) is 4.62. The molecule has 0 fully saturated rings.